The quantitative estimate of drug-likeness (QED) is 0.132. The summed E-state index contributed by atoms with van der Waals surface area (Å²) in [5.74, 6) is 1.34. The van der Waals surface area contributed by atoms with Crippen LogP contribution in [0.1, 0.15) is 0 Å². The number of nitrogens with zero attached hydrogens (tertiary/aromatic N) is 1. The highest BCUT2D eigenvalue weighted by Gasteiger charge is 2.41. The van der Waals surface area contributed by atoms with Crippen molar-refractivity contribution in [3.05, 3.63) is 152 Å². The molecule has 0 fully saturated rings. The first-order valence-corrected chi connectivity index (χ1v) is 18.4. The summed E-state index contributed by atoms with van der Waals surface area (Å²) in [6.07, 6.45) is 0. The lowest BCUT2D eigenvalue weighted by atomic mass is 9.93. The minimum Gasteiger partial charge on any atom is -0.455 e. The van der Waals surface area contributed by atoms with E-state index >= 15 is 0 Å². The van der Waals surface area contributed by atoms with Gasteiger partial charge in [-0.2, -0.15) is 0 Å². The first-order valence-electron chi connectivity index (χ1n) is 14.8. The van der Waals surface area contributed by atoms with Gasteiger partial charge in [-0.25, -0.2) is 16.8 Å². The van der Waals surface area contributed by atoms with Crippen molar-refractivity contribution in [3.8, 4) is 45.3 Å². The van der Waals surface area contributed by atoms with Crippen LogP contribution in [-0.4, -0.2) is 26.7 Å². The standard InChI is InChI=1S/C37H27NO7S3/c39-47(40,31-19-11-4-12-20-31)38(46-30-17-9-3-10-18-30)48(41,42)35-24-22-32(27-13-5-1-6-14-27)36(37(35)45-29-15-7-2-8-16-29)28-21-23-33-34(25-28)44-26-43-33/h1-25H,26H2. The van der Waals surface area contributed by atoms with Crippen LogP contribution in [0.5, 0.6) is 23.0 Å². The molecule has 240 valence electrons. The Kier molecular flexibility index (Phi) is 8.67. The molecule has 7 rings (SSSR count). The summed E-state index contributed by atoms with van der Waals surface area (Å²) in [6, 6.07) is 42.5. The minimum absolute atomic E-state index is 0.0507. The summed E-state index contributed by atoms with van der Waals surface area (Å²) < 4.78 is 76.7. The molecular weight excluding hydrogens is 667 g/mol. The highest BCUT2D eigenvalue weighted by Crippen LogP contribution is 2.49. The Balaban J connectivity index is 1.51. The number of sulfonamides is 2. The molecule has 0 saturated heterocycles. The second-order valence-corrected chi connectivity index (χ2v) is 15.8. The number of benzene rings is 6. The Morgan fingerprint density at radius 2 is 1.19 bits per heavy atom. The van der Waals surface area contributed by atoms with Gasteiger partial charge in [0, 0.05) is 10.5 Å². The number of fused-ring (bicyclic) bond motifs is 1. The average Bonchev–Trinajstić information content (AvgIpc) is 3.60. The first kappa shape index (κ1) is 31.5. The molecular formula is C37H27NO7S3. The van der Waals surface area contributed by atoms with E-state index in [0.29, 0.717) is 53.9 Å². The highest BCUT2D eigenvalue weighted by molar-refractivity contribution is 8.20. The molecule has 0 aliphatic carbocycles. The maximum atomic E-state index is 15.0. The molecule has 6 aromatic rings. The molecule has 0 N–H and O–H groups in total. The molecule has 1 heterocycles. The van der Waals surface area contributed by atoms with Gasteiger partial charge in [0.15, 0.2) is 17.2 Å². The van der Waals surface area contributed by atoms with Gasteiger partial charge >= 0.3 is 0 Å². The molecule has 0 bridgehead atoms. The molecule has 6 aromatic carbocycles. The SMILES string of the molecule is O=S(=O)(c1ccccc1)N(Sc1ccccc1)S(=O)(=O)c1ccc(-c2ccccc2)c(-c2ccc3c(c2)OCO3)c1Oc1ccccc1. The molecule has 1 aliphatic heterocycles. The maximum absolute atomic E-state index is 15.0. The van der Waals surface area contributed by atoms with Crippen molar-refractivity contribution in [3.63, 3.8) is 0 Å². The summed E-state index contributed by atoms with van der Waals surface area (Å²) in [6.45, 7) is 0.0507. The Hall–Kier alpha value is -5.07. The predicted octanol–water partition coefficient (Wildman–Crippen LogP) is 8.63. The molecule has 0 radical (unpaired) electrons. The zero-order valence-electron chi connectivity index (χ0n) is 25.2. The van der Waals surface area contributed by atoms with E-state index in [1.54, 1.807) is 97.1 Å². The molecule has 0 unspecified atom stereocenters. The van der Waals surface area contributed by atoms with Crippen molar-refractivity contribution < 1.29 is 31.0 Å². The van der Waals surface area contributed by atoms with Gasteiger partial charge in [0.25, 0.3) is 20.0 Å². The van der Waals surface area contributed by atoms with Crippen LogP contribution in [0.15, 0.2) is 166 Å². The van der Waals surface area contributed by atoms with E-state index < -0.39 is 20.0 Å². The third-order valence-electron chi connectivity index (χ3n) is 7.47. The lowest BCUT2D eigenvalue weighted by Gasteiger charge is -2.24. The number of para-hydroxylation sites is 1. The van der Waals surface area contributed by atoms with Crippen LogP contribution in [0.2, 0.25) is 0 Å². The summed E-state index contributed by atoms with van der Waals surface area (Å²) in [5, 5.41) is 0. The average molecular weight is 694 g/mol. The van der Waals surface area contributed by atoms with E-state index in [1.165, 1.54) is 18.2 Å². The lowest BCUT2D eigenvalue weighted by molar-refractivity contribution is 0.174. The fraction of sp³-hybridized carbons (Fsp3) is 0.0270. The zero-order chi connectivity index (χ0) is 33.1. The van der Waals surface area contributed by atoms with E-state index in [4.69, 9.17) is 14.2 Å². The normalized spacial score (nSPS) is 12.6. The van der Waals surface area contributed by atoms with E-state index in [9.17, 15) is 16.8 Å². The maximum Gasteiger partial charge on any atom is 0.270 e. The summed E-state index contributed by atoms with van der Waals surface area (Å²) in [7, 11) is -9.50. The molecule has 1 aliphatic rings. The monoisotopic (exact) mass is 693 g/mol. The number of hydrogen-bond donors (Lipinski definition) is 0. The predicted molar refractivity (Wildman–Crippen MR) is 185 cm³/mol. The van der Waals surface area contributed by atoms with Gasteiger partial charge in [-0.15, -0.1) is 0 Å². The molecule has 48 heavy (non-hydrogen) atoms. The second kappa shape index (κ2) is 13.2. The van der Waals surface area contributed by atoms with Crippen molar-refractivity contribution >= 4 is 32.0 Å². The third-order valence-corrected chi connectivity index (χ3v) is 13.4. The van der Waals surface area contributed by atoms with Gasteiger partial charge in [-0.1, -0.05) is 97.1 Å². The van der Waals surface area contributed by atoms with Crippen LogP contribution in [0.4, 0.5) is 0 Å². The van der Waals surface area contributed by atoms with Crippen molar-refractivity contribution in [1.29, 1.82) is 0 Å². The van der Waals surface area contributed by atoms with Gasteiger partial charge in [0.2, 0.25) is 6.79 Å². The van der Waals surface area contributed by atoms with Crippen molar-refractivity contribution in [1.82, 2.24) is 3.12 Å². The van der Waals surface area contributed by atoms with E-state index in [1.807, 2.05) is 36.4 Å². The van der Waals surface area contributed by atoms with Crippen molar-refractivity contribution in [2.24, 2.45) is 0 Å². The van der Waals surface area contributed by atoms with Gasteiger partial charge in [-0.3, -0.25) is 0 Å². The Morgan fingerprint density at radius 3 is 1.88 bits per heavy atom. The molecule has 0 saturated carbocycles. The summed E-state index contributed by atoms with van der Waals surface area (Å²) >= 11 is 0.591. The largest absolute Gasteiger partial charge is 0.455 e. The Labute approximate surface area is 283 Å². The number of ether oxygens (including phenoxy) is 3. The van der Waals surface area contributed by atoms with Crippen molar-refractivity contribution in [2.75, 3.05) is 6.79 Å². The Morgan fingerprint density at radius 1 is 0.583 bits per heavy atom. The van der Waals surface area contributed by atoms with Gasteiger partial charge < -0.3 is 14.2 Å². The molecule has 0 aromatic heterocycles. The number of rotatable bonds is 10. The van der Waals surface area contributed by atoms with Crippen molar-refractivity contribution in [2.45, 2.75) is 14.7 Å². The Bertz CT molecular complexity index is 2290. The molecule has 0 amide bonds. The molecule has 8 nitrogen and oxygen atoms in total. The number of hydrogen-bond acceptors (Lipinski definition) is 8. The topological polar surface area (TPSA) is 99.2 Å². The smallest absolute Gasteiger partial charge is 0.270 e. The van der Waals surface area contributed by atoms with Crippen LogP contribution < -0.4 is 14.2 Å². The fourth-order valence-corrected chi connectivity index (χ4v) is 10.5. The van der Waals surface area contributed by atoms with Crippen LogP contribution >= 0.6 is 11.9 Å². The van der Waals surface area contributed by atoms with E-state index in [-0.39, 0.29) is 22.3 Å². The molecule has 11 heteroatoms. The summed E-state index contributed by atoms with van der Waals surface area (Å²) in [5.41, 5.74) is 2.45. The van der Waals surface area contributed by atoms with Crippen LogP contribution in [0, 0.1) is 0 Å². The van der Waals surface area contributed by atoms with Gasteiger partial charge in [-0.05, 0) is 86.4 Å². The van der Waals surface area contributed by atoms with Crippen LogP contribution in [0.3, 0.4) is 0 Å². The van der Waals surface area contributed by atoms with Crippen LogP contribution in [-0.2, 0) is 20.0 Å². The summed E-state index contributed by atoms with van der Waals surface area (Å²) in [4.78, 5) is -0.121. The van der Waals surface area contributed by atoms with E-state index in [0.717, 1.165) is 5.56 Å². The minimum atomic E-state index is -4.87. The zero-order valence-corrected chi connectivity index (χ0v) is 27.6. The van der Waals surface area contributed by atoms with Crippen LogP contribution in [0.25, 0.3) is 22.3 Å². The fourth-order valence-electron chi connectivity index (χ4n) is 5.22. The molecule has 0 atom stereocenters. The van der Waals surface area contributed by atoms with Gasteiger partial charge in [0.05, 0.1) is 4.90 Å². The lowest BCUT2D eigenvalue weighted by Crippen LogP contribution is -2.31. The van der Waals surface area contributed by atoms with Gasteiger partial charge in [0.1, 0.15) is 10.6 Å². The third kappa shape index (κ3) is 6.16. The first-order chi connectivity index (χ1) is 23.3. The molecule has 0 spiro atoms. The van der Waals surface area contributed by atoms with E-state index in [2.05, 4.69) is 0 Å². The second-order valence-electron chi connectivity index (χ2n) is 10.6. The highest BCUT2D eigenvalue weighted by atomic mass is 32.3.